The SMILES string of the molecule is CC(C)(C)OC(=O)C(C(=O)O)[C@@H](Cc1ccccc1)C(=O)O. The van der Waals surface area contributed by atoms with E-state index in [9.17, 15) is 24.6 Å². The van der Waals surface area contributed by atoms with Gasteiger partial charge in [0.05, 0.1) is 5.92 Å². The fourth-order valence-electron chi connectivity index (χ4n) is 2.02. The molecule has 120 valence electrons. The molecule has 1 aromatic rings. The van der Waals surface area contributed by atoms with E-state index < -0.39 is 35.3 Å². The van der Waals surface area contributed by atoms with Gasteiger partial charge in [0, 0.05) is 0 Å². The Kier molecular flexibility index (Phi) is 5.68. The fourth-order valence-corrected chi connectivity index (χ4v) is 2.02. The molecule has 0 fully saturated rings. The van der Waals surface area contributed by atoms with Crippen molar-refractivity contribution in [2.24, 2.45) is 11.8 Å². The van der Waals surface area contributed by atoms with Gasteiger partial charge in [0.15, 0.2) is 5.92 Å². The van der Waals surface area contributed by atoms with E-state index in [0.717, 1.165) is 0 Å². The summed E-state index contributed by atoms with van der Waals surface area (Å²) in [5.74, 6) is -7.03. The van der Waals surface area contributed by atoms with Crippen molar-refractivity contribution in [3.8, 4) is 0 Å². The Balaban J connectivity index is 3.05. The molecule has 2 atom stereocenters. The number of esters is 1. The number of carboxylic acids is 2. The lowest BCUT2D eigenvalue weighted by Gasteiger charge is -2.25. The van der Waals surface area contributed by atoms with Gasteiger partial charge in [-0.05, 0) is 32.8 Å². The van der Waals surface area contributed by atoms with Gasteiger partial charge < -0.3 is 14.9 Å². The lowest BCUT2D eigenvalue weighted by Crippen LogP contribution is -2.41. The molecule has 0 heterocycles. The second-order valence-electron chi connectivity index (χ2n) is 5.98. The number of rotatable bonds is 6. The van der Waals surface area contributed by atoms with E-state index in [0.29, 0.717) is 5.56 Å². The van der Waals surface area contributed by atoms with E-state index in [2.05, 4.69) is 0 Å². The third-order valence-corrected chi connectivity index (χ3v) is 2.94. The van der Waals surface area contributed by atoms with E-state index in [-0.39, 0.29) is 6.42 Å². The van der Waals surface area contributed by atoms with Crippen molar-refractivity contribution < 1.29 is 29.3 Å². The molecule has 0 bridgehead atoms. The van der Waals surface area contributed by atoms with Crippen LogP contribution < -0.4 is 0 Å². The van der Waals surface area contributed by atoms with Crippen LogP contribution >= 0.6 is 0 Å². The van der Waals surface area contributed by atoms with Crippen LogP contribution in [0.5, 0.6) is 0 Å². The van der Waals surface area contributed by atoms with Gasteiger partial charge in [-0.3, -0.25) is 14.4 Å². The maximum absolute atomic E-state index is 12.1. The van der Waals surface area contributed by atoms with Crippen molar-refractivity contribution in [3.05, 3.63) is 35.9 Å². The third kappa shape index (κ3) is 5.20. The van der Waals surface area contributed by atoms with Gasteiger partial charge in [-0.1, -0.05) is 30.3 Å². The Hall–Kier alpha value is -2.37. The molecule has 0 aromatic heterocycles. The molecule has 0 spiro atoms. The maximum Gasteiger partial charge on any atom is 0.321 e. The first kappa shape index (κ1) is 17.7. The Morgan fingerprint density at radius 3 is 2.00 bits per heavy atom. The molecule has 6 nitrogen and oxygen atoms in total. The fraction of sp³-hybridized carbons (Fsp3) is 0.438. The van der Waals surface area contributed by atoms with Gasteiger partial charge in [-0.15, -0.1) is 0 Å². The monoisotopic (exact) mass is 308 g/mol. The highest BCUT2D eigenvalue weighted by molar-refractivity contribution is 5.98. The molecule has 0 aliphatic carbocycles. The van der Waals surface area contributed by atoms with Gasteiger partial charge in [0.1, 0.15) is 5.60 Å². The number of hydrogen-bond acceptors (Lipinski definition) is 4. The smallest absolute Gasteiger partial charge is 0.321 e. The van der Waals surface area contributed by atoms with E-state index >= 15 is 0 Å². The first-order valence-electron chi connectivity index (χ1n) is 6.84. The van der Waals surface area contributed by atoms with Crippen LogP contribution in [-0.2, 0) is 25.5 Å². The van der Waals surface area contributed by atoms with E-state index in [4.69, 9.17) is 4.74 Å². The lowest BCUT2D eigenvalue weighted by molar-refractivity contribution is -0.173. The molecule has 0 aliphatic heterocycles. The summed E-state index contributed by atoms with van der Waals surface area (Å²) in [6, 6.07) is 8.57. The average molecular weight is 308 g/mol. The Bertz CT molecular complexity index is 544. The summed E-state index contributed by atoms with van der Waals surface area (Å²) in [6.45, 7) is 4.78. The normalized spacial score (nSPS) is 14.0. The number of carbonyl (C=O) groups excluding carboxylic acids is 1. The zero-order chi connectivity index (χ0) is 16.9. The molecule has 1 aromatic carbocycles. The molecule has 0 aliphatic rings. The van der Waals surface area contributed by atoms with Crippen LogP contribution in [0.4, 0.5) is 0 Å². The van der Waals surface area contributed by atoms with Gasteiger partial charge in [-0.2, -0.15) is 0 Å². The average Bonchev–Trinajstić information content (AvgIpc) is 2.36. The van der Waals surface area contributed by atoms with Crippen LogP contribution in [-0.4, -0.2) is 33.7 Å². The van der Waals surface area contributed by atoms with Crippen molar-refractivity contribution >= 4 is 17.9 Å². The van der Waals surface area contributed by atoms with Gasteiger partial charge in [0.25, 0.3) is 0 Å². The van der Waals surface area contributed by atoms with Crippen LogP contribution in [0.15, 0.2) is 30.3 Å². The first-order valence-corrected chi connectivity index (χ1v) is 6.84. The van der Waals surface area contributed by atoms with Crippen molar-refractivity contribution in [1.82, 2.24) is 0 Å². The standard InChI is InChI=1S/C16H20O6/c1-16(2,3)22-15(21)12(14(19)20)11(13(17)18)9-10-7-5-4-6-8-10/h4-8,11-12H,9H2,1-3H3,(H,17,18)(H,19,20)/t11-,12?/m1/s1. The molecule has 0 amide bonds. The topological polar surface area (TPSA) is 101 Å². The zero-order valence-corrected chi connectivity index (χ0v) is 12.8. The molecule has 0 radical (unpaired) electrons. The summed E-state index contributed by atoms with van der Waals surface area (Å²) in [7, 11) is 0. The van der Waals surface area contributed by atoms with Gasteiger partial charge in [0.2, 0.25) is 0 Å². The highest BCUT2D eigenvalue weighted by atomic mass is 16.6. The minimum atomic E-state index is -1.75. The minimum Gasteiger partial charge on any atom is -0.481 e. The van der Waals surface area contributed by atoms with E-state index in [1.807, 2.05) is 0 Å². The highest BCUT2D eigenvalue weighted by Crippen LogP contribution is 2.23. The molecule has 1 unspecified atom stereocenters. The Labute approximate surface area is 128 Å². The second-order valence-corrected chi connectivity index (χ2v) is 5.98. The molecule has 1 rings (SSSR count). The minimum absolute atomic E-state index is 0.0631. The highest BCUT2D eigenvalue weighted by Gasteiger charge is 2.42. The number of benzene rings is 1. The van der Waals surface area contributed by atoms with E-state index in [1.54, 1.807) is 51.1 Å². The van der Waals surface area contributed by atoms with Crippen LogP contribution in [0, 0.1) is 11.8 Å². The summed E-state index contributed by atoms with van der Waals surface area (Å²) < 4.78 is 5.05. The molecule has 0 saturated carbocycles. The molecular formula is C16H20O6. The first-order chi connectivity index (χ1) is 10.1. The van der Waals surface area contributed by atoms with Crippen molar-refractivity contribution in [2.75, 3.05) is 0 Å². The molecular weight excluding hydrogens is 288 g/mol. The summed E-state index contributed by atoms with van der Waals surface area (Å²) >= 11 is 0. The van der Waals surface area contributed by atoms with Crippen molar-refractivity contribution in [2.45, 2.75) is 32.8 Å². The largest absolute Gasteiger partial charge is 0.481 e. The van der Waals surface area contributed by atoms with Crippen LogP contribution in [0.3, 0.4) is 0 Å². The summed E-state index contributed by atoms with van der Waals surface area (Å²) in [4.78, 5) is 34.9. The number of carbonyl (C=O) groups is 3. The van der Waals surface area contributed by atoms with Crippen LogP contribution in [0.1, 0.15) is 26.3 Å². The number of carboxylic acid groups (broad SMARTS) is 2. The third-order valence-electron chi connectivity index (χ3n) is 2.94. The van der Waals surface area contributed by atoms with Crippen LogP contribution in [0.2, 0.25) is 0 Å². The van der Waals surface area contributed by atoms with Gasteiger partial charge >= 0.3 is 17.9 Å². The predicted molar refractivity (Wildman–Crippen MR) is 78.2 cm³/mol. The summed E-state index contributed by atoms with van der Waals surface area (Å²) in [6.07, 6.45) is -0.0631. The Morgan fingerprint density at radius 2 is 1.59 bits per heavy atom. The van der Waals surface area contributed by atoms with E-state index in [1.165, 1.54) is 0 Å². The molecule has 2 N–H and O–H groups in total. The quantitative estimate of drug-likeness (QED) is 0.615. The number of hydrogen-bond donors (Lipinski definition) is 2. The molecule has 6 heteroatoms. The second kappa shape index (κ2) is 7.06. The summed E-state index contributed by atoms with van der Waals surface area (Å²) in [5.41, 5.74) is -0.245. The number of ether oxygens (including phenoxy) is 1. The number of aliphatic carboxylic acids is 2. The van der Waals surface area contributed by atoms with Crippen molar-refractivity contribution in [3.63, 3.8) is 0 Å². The van der Waals surface area contributed by atoms with Crippen LogP contribution in [0.25, 0.3) is 0 Å². The Morgan fingerprint density at radius 1 is 1.05 bits per heavy atom. The lowest BCUT2D eigenvalue weighted by atomic mass is 9.86. The zero-order valence-electron chi connectivity index (χ0n) is 12.8. The molecule has 22 heavy (non-hydrogen) atoms. The molecule has 0 saturated heterocycles. The van der Waals surface area contributed by atoms with Crippen molar-refractivity contribution in [1.29, 1.82) is 0 Å². The van der Waals surface area contributed by atoms with Gasteiger partial charge in [-0.25, -0.2) is 0 Å². The summed E-state index contributed by atoms with van der Waals surface area (Å²) in [5, 5.41) is 18.6. The predicted octanol–water partition coefficient (Wildman–Crippen LogP) is 1.97. The maximum atomic E-state index is 12.1.